The number of benzene rings is 1. The summed E-state index contributed by atoms with van der Waals surface area (Å²) >= 11 is 0. The zero-order valence-corrected chi connectivity index (χ0v) is 17.3. The highest BCUT2D eigenvalue weighted by Crippen LogP contribution is 2.36. The van der Waals surface area contributed by atoms with Gasteiger partial charge in [-0.1, -0.05) is 25.0 Å². The molecule has 1 aromatic heterocycles. The lowest BCUT2D eigenvalue weighted by molar-refractivity contribution is 0.102. The minimum Gasteiger partial charge on any atom is -0.324 e. The van der Waals surface area contributed by atoms with E-state index >= 15 is 0 Å². The SMILES string of the molecule is CN1CCN(CCCCCCN2c3ccccc3NC(=O)c3cccnc32)CC1. The van der Waals surface area contributed by atoms with Crippen molar-refractivity contribution in [3.05, 3.63) is 48.2 Å². The van der Waals surface area contributed by atoms with E-state index in [0.29, 0.717) is 5.56 Å². The molecule has 2 aromatic rings. The number of pyridine rings is 1. The van der Waals surface area contributed by atoms with Crippen LogP contribution in [-0.4, -0.2) is 67.0 Å². The number of nitrogens with one attached hydrogen (secondary N) is 1. The standard InChI is InChI=1S/C23H31N5O/c1-26-15-17-27(18-16-26)13-6-2-3-7-14-28-21-11-5-4-10-20(21)25-23(29)19-9-8-12-24-22(19)28/h4-5,8-12H,2-3,6-7,13-18H2,1H3,(H,25,29). The molecule has 1 amide bonds. The summed E-state index contributed by atoms with van der Waals surface area (Å²) < 4.78 is 0. The minimum absolute atomic E-state index is 0.0878. The zero-order chi connectivity index (χ0) is 20.1. The van der Waals surface area contributed by atoms with Crippen LogP contribution in [0, 0.1) is 0 Å². The molecule has 6 heteroatoms. The molecular weight excluding hydrogens is 362 g/mol. The van der Waals surface area contributed by atoms with Gasteiger partial charge in [-0.2, -0.15) is 0 Å². The van der Waals surface area contributed by atoms with Crippen molar-refractivity contribution in [1.29, 1.82) is 0 Å². The minimum atomic E-state index is -0.0878. The van der Waals surface area contributed by atoms with Crippen LogP contribution in [0.15, 0.2) is 42.6 Å². The average molecular weight is 394 g/mol. The summed E-state index contributed by atoms with van der Waals surface area (Å²) in [6, 6.07) is 11.7. The molecule has 4 rings (SSSR count). The molecule has 0 spiro atoms. The fourth-order valence-corrected chi connectivity index (χ4v) is 4.16. The van der Waals surface area contributed by atoms with Crippen LogP contribution < -0.4 is 10.2 Å². The molecule has 2 aliphatic rings. The number of para-hydroxylation sites is 2. The summed E-state index contributed by atoms with van der Waals surface area (Å²) in [4.78, 5) is 24.3. The largest absolute Gasteiger partial charge is 0.324 e. The molecule has 1 saturated heterocycles. The number of amides is 1. The number of hydrogen-bond donors (Lipinski definition) is 1. The average Bonchev–Trinajstić information content (AvgIpc) is 2.86. The predicted molar refractivity (Wildman–Crippen MR) is 118 cm³/mol. The highest BCUT2D eigenvalue weighted by molar-refractivity contribution is 6.11. The van der Waals surface area contributed by atoms with Gasteiger partial charge in [-0.25, -0.2) is 4.98 Å². The second-order valence-electron chi connectivity index (χ2n) is 8.06. The normalized spacial score (nSPS) is 17.4. The van der Waals surface area contributed by atoms with Crippen molar-refractivity contribution < 1.29 is 4.79 Å². The third-order valence-corrected chi connectivity index (χ3v) is 5.93. The number of aromatic nitrogens is 1. The van der Waals surface area contributed by atoms with Crippen LogP contribution in [0.2, 0.25) is 0 Å². The maximum atomic E-state index is 12.6. The molecule has 0 aliphatic carbocycles. The van der Waals surface area contributed by atoms with E-state index in [2.05, 4.69) is 38.1 Å². The molecular formula is C23H31N5O. The fraction of sp³-hybridized carbons (Fsp3) is 0.478. The molecule has 154 valence electrons. The fourth-order valence-electron chi connectivity index (χ4n) is 4.16. The third kappa shape index (κ3) is 4.77. The molecule has 0 atom stereocenters. The van der Waals surface area contributed by atoms with E-state index in [0.717, 1.165) is 30.2 Å². The van der Waals surface area contributed by atoms with Crippen LogP contribution in [0.5, 0.6) is 0 Å². The predicted octanol–water partition coefficient (Wildman–Crippen LogP) is 3.59. The maximum absolute atomic E-state index is 12.6. The van der Waals surface area contributed by atoms with Crippen molar-refractivity contribution in [3.8, 4) is 0 Å². The lowest BCUT2D eigenvalue weighted by Gasteiger charge is -2.32. The Balaban J connectivity index is 1.33. The first-order valence-electron chi connectivity index (χ1n) is 10.8. The summed E-state index contributed by atoms with van der Waals surface area (Å²) in [5.74, 6) is 0.669. The first kappa shape index (κ1) is 19.9. The monoisotopic (exact) mass is 393 g/mol. The van der Waals surface area contributed by atoms with Crippen molar-refractivity contribution in [1.82, 2.24) is 14.8 Å². The molecule has 0 saturated carbocycles. The molecule has 3 heterocycles. The second-order valence-corrected chi connectivity index (χ2v) is 8.06. The van der Waals surface area contributed by atoms with E-state index in [9.17, 15) is 4.79 Å². The number of piperazine rings is 1. The number of rotatable bonds is 7. The van der Waals surface area contributed by atoms with Gasteiger partial charge in [0.1, 0.15) is 5.82 Å². The molecule has 6 nitrogen and oxygen atoms in total. The Hall–Kier alpha value is -2.44. The van der Waals surface area contributed by atoms with Crippen LogP contribution >= 0.6 is 0 Å². The number of unbranched alkanes of at least 4 members (excludes halogenated alkanes) is 3. The Morgan fingerprint density at radius 3 is 2.52 bits per heavy atom. The van der Waals surface area contributed by atoms with Gasteiger partial charge in [-0.05, 0) is 50.7 Å². The Labute approximate surface area is 173 Å². The van der Waals surface area contributed by atoms with Gasteiger partial charge in [0.05, 0.1) is 16.9 Å². The number of nitrogens with zero attached hydrogens (tertiary/aromatic N) is 4. The topological polar surface area (TPSA) is 51.7 Å². The number of anilines is 3. The molecule has 1 fully saturated rings. The Bertz CT molecular complexity index is 832. The van der Waals surface area contributed by atoms with Gasteiger partial charge in [0.15, 0.2) is 0 Å². The van der Waals surface area contributed by atoms with E-state index in [1.807, 2.05) is 30.3 Å². The molecule has 0 radical (unpaired) electrons. The van der Waals surface area contributed by atoms with Gasteiger partial charge in [0, 0.05) is 38.9 Å². The summed E-state index contributed by atoms with van der Waals surface area (Å²) in [6.45, 7) is 6.85. The van der Waals surface area contributed by atoms with E-state index in [1.165, 1.54) is 52.0 Å². The van der Waals surface area contributed by atoms with Crippen molar-refractivity contribution in [2.75, 3.05) is 56.5 Å². The van der Waals surface area contributed by atoms with Crippen LogP contribution in [0.25, 0.3) is 0 Å². The Morgan fingerprint density at radius 2 is 1.69 bits per heavy atom. The van der Waals surface area contributed by atoms with Gasteiger partial charge >= 0.3 is 0 Å². The maximum Gasteiger partial charge on any atom is 0.259 e. The van der Waals surface area contributed by atoms with Gasteiger partial charge in [-0.15, -0.1) is 0 Å². The quantitative estimate of drug-likeness (QED) is 0.729. The van der Waals surface area contributed by atoms with Crippen LogP contribution in [-0.2, 0) is 0 Å². The molecule has 29 heavy (non-hydrogen) atoms. The number of fused-ring (bicyclic) bond motifs is 2. The first-order valence-corrected chi connectivity index (χ1v) is 10.8. The van der Waals surface area contributed by atoms with Crippen LogP contribution in [0.1, 0.15) is 36.0 Å². The van der Waals surface area contributed by atoms with Crippen molar-refractivity contribution in [2.45, 2.75) is 25.7 Å². The van der Waals surface area contributed by atoms with E-state index in [4.69, 9.17) is 0 Å². The smallest absolute Gasteiger partial charge is 0.259 e. The van der Waals surface area contributed by atoms with E-state index in [-0.39, 0.29) is 5.91 Å². The summed E-state index contributed by atoms with van der Waals surface area (Å²) in [5.41, 5.74) is 2.51. The Morgan fingerprint density at radius 1 is 0.931 bits per heavy atom. The van der Waals surface area contributed by atoms with Crippen molar-refractivity contribution in [2.24, 2.45) is 0 Å². The molecule has 0 unspecified atom stereocenters. The van der Waals surface area contributed by atoms with Crippen LogP contribution in [0.4, 0.5) is 17.2 Å². The molecule has 0 bridgehead atoms. The van der Waals surface area contributed by atoms with Gasteiger partial charge in [0.25, 0.3) is 5.91 Å². The summed E-state index contributed by atoms with van der Waals surface area (Å²) in [7, 11) is 2.20. The highest BCUT2D eigenvalue weighted by Gasteiger charge is 2.25. The molecule has 1 aromatic carbocycles. The van der Waals surface area contributed by atoms with E-state index < -0.39 is 0 Å². The Kier molecular flexibility index (Phi) is 6.42. The number of hydrogen-bond acceptors (Lipinski definition) is 5. The number of likely N-dealkylation sites (N-methyl/N-ethyl adjacent to an activating group) is 1. The number of carbonyl (C=O) groups is 1. The number of carbonyl (C=O) groups excluding carboxylic acids is 1. The van der Waals surface area contributed by atoms with Crippen molar-refractivity contribution >= 4 is 23.1 Å². The van der Waals surface area contributed by atoms with E-state index in [1.54, 1.807) is 6.20 Å². The summed E-state index contributed by atoms with van der Waals surface area (Å²) in [5, 5.41) is 3.03. The van der Waals surface area contributed by atoms with Gasteiger partial charge in [-0.3, -0.25) is 4.79 Å². The van der Waals surface area contributed by atoms with Crippen molar-refractivity contribution in [3.63, 3.8) is 0 Å². The zero-order valence-electron chi connectivity index (χ0n) is 17.3. The third-order valence-electron chi connectivity index (χ3n) is 5.93. The highest BCUT2D eigenvalue weighted by atomic mass is 16.1. The lowest BCUT2D eigenvalue weighted by Crippen LogP contribution is -2.44. The molecule has 1 N–H and O–H groups in total. The van der Waals surface area contributed by atoms with Crippen LogP contribution in [0.3, 0.4) is 0 Å². The van der Waals surface area contributed by atoms with Gasteiger partial charge in [0.2, 0.25) is 0 Å². The first-order chi connectivity index (χ1) is 14.2. The second kappa shape index (κ2) is 9.37. The van der Waals surface area contributed by atoms with Gasteiger partial charge < -0.3 is 20.0 Å². The molecule has 2 aliphatic heterocycles. The summed E-state index contributed by atoms with van der Waals surface area (Å²) in [6.07, 6.45) is 6.55. The lowest BCUT2D eigenvalue weighted by atomic mass is 10.1.